The molecule has 26 heavy (non-hydrogen) atoms. The molecule has 0 aliphatic heterocycles. The van der Waals surface area contributed by atoms with Gasteiger partial charge in [0.15, 0.2) is 0 Å². The minimum Gasteiger partial charge on any atom is -0.480 e. The molecule has 0 aromatic rings. The highest BCUT2D eigenvalue weighted by Gasteiger charge is 2.39. The summed E-state index contributed by atoms with van der Waals surface area (Å²) in [6, 6.07) is -1.59. The summed E-state index contributed by atoms with van der Waals surface area (Å²) in [6.45, 7) is -2.21. The monoisotopic (exact) mass is 397 g/mol. The molecule has 12 heteroatoms. The zero-order valence-corrected chi connectivity index (χ0v) is 14.8. The van der Waals surface area contributed by atoms with Crippen LogP contribution in [0.25, 0.3) is 0 Å². The third-order valence-corrected chi connectivity index (χ3v) is 4.11. The SMILES string of the molecule is Cl.NC1CCC(N(CC(=O)O)CC(=O)O)C(N(CC(=O)O)CC(=O)O)C1. The Morgan fingerprint density at radius 1 is 0.731 bits per heavy atom. The summed E-state index contributed by atoms with van der Waals surface area (Å²) < 4.78 is 0. The van der Waals surface area contributed by atoms with Crippen molar-refractivity contribution in [3.8, 4) is 0 Å². The Balaban J connectivity index is 0.00000625. The van der Waals surface area contributed by atoms with Gasteiger partial charge in [-0.2, -0.15) is 0 Å². The van der Waals surface area contributed by atoms with E-state index in [0.717, 1.165) is 0 Å². The van der Waals surface area contributed by atoms with Crippen LogP contribution >= 0.6 is 12.4 Å². The zero-order chi connectivity index (χ0) is 19.1. The van der Waals surface area contributed by atoms with E-state index in [4.69, 9.17) is 26.2 Å². The summed E-state index contributed by atoms with van der Waals surface area (Å²) in [6.07, 6.45) is 1.11. The number of carboxylic acids is 4. The quantitative estimate of drug-likeness (QED) is 0.292. The van der Waals surface area contributed by atoms with E-state index in [-0.39, 0.29) is 24.9 Å². The number of nitrogens with zero attached hydrogens (tertiary/aromatic N) is 2. The molecular formula is C14H24ClN3O8. The van der Waals surface area contributed by atoms with Crippen molar-refractivity contribution in [1.82, 2.24) is 9.80 Å². The summed E-state index contributed by atoms with van der Waals surface area (Å²) in [5.41, 5.74) is 5.92. The lowest BCUT2D eigenvalue weighted by Gasteiger charge is -2.45. The Kier molecular flexibility index (Phi) is 10.1. The van der Waals surface area contributed by atoms with Gasteiger partial charge in [0.25, 0.3) is 0 Å². The van der Waals surface area contributed by atoms with Crippen molar-refractivity contribution in [2.45, 2.75) is 37.4 Å². The van der Waals surface area contributed by atoms with Gasteiger partial charge in [-0.05, 0) is 19.3 Å². The van der Waals surface area contributed by atoms with E-state index < -0.39 is 62.1 Å². The molecule has 0 amide bonds. The second-order valence-electron chi connectivity index (χ2n) is 6.09. The van der Waals surface area contributed by atoms with Crippen molar-refractivity contribution in [3.63, 3.8) is 0 Å². The average Bonchev–Trinajstić information content (AvgIpc) is 2.43. The summed E-state index contributed by atoms with van der Waals surface area (Å²) in [5, 5.41) is 36.2. The number of nitrogens with two attached hydrogens (primary N) is 1. The number of aliphatic carboxylic acids is 4. The van der Waals surface area contributed by atoms with Crippen LogP contribution in [0.5, 0.6) is 0 Å². The topological polar surface area (TPSA) is 182 Å². The van der Waals surface area contributed by atoms with E-state index >= 15 is 0 Å². The second-order valence-corrected chi connectivity index (χ2v) is 6.09. The van der Waals surface area contributed by atoms with Crippen LogP contribution in [0.2, 0.25) is 0 Å². The molecule has 0 saturated heterocycles. The summed E-state index contributed by atoms with van der Waals surface area (Å²) in [7, 11) is 0. The predicted octanol–water partition coefficient (Wildman–Crippen LogP) is -1.40. The Morgan fingerprint density at radius 3 is 1.42 bits per heavy atom. The Morgan fingerprint density at radius 2 is 1.08 bits per heavy atom. The van der Waals surface area contributed by atoms with Gasteiger partial charge in [-0.3, -0.25) is 29.0 Å². The number of carbonyl (C=O) groups is 4. The van der Waals surface area contributed by atoms with E-state index in [1.807, 2.05) is 0 Å². The van der Waals surface area contributed by atoms with Crippen molar-refractivity contribution < 1.29 is 39.6 Å². The largest absolute Gasteiger partial charge is 0.480 e. The van der Waals surface area contributed by atoms with Gasteiger partial charge in [0, 0.05) is 18.1 Å². The Labute approximate surface area is 155 Å². The molecule has 0 spiro atoms. The van der Waals surface area contributed by atoms with E-state index in [2.05, 4.69) is 0 Å². The third-order valence-electron chi connectivity index (χ3n) is 4.11. The normalized spacial score (nSPS) is 22.7. The fourth-order valence-electron chi connectivity index (χ4n) is 3.26. The Hall–Kier alpha value is -1.95. The van der Waals surface area contributed by atoms with Gasteiger partial charge in [-0.15, -0.1) is 12.4 Å². The first-order valence-electron chi connectivity index (χ1n) is 7.71. The molecule has 150 valence electrons. The molecule has 3 atom stereocenters. The third kappa shape index (κ3) is 7.95. The van der Waals surface area contributed by atoms with E-state index in [9.17, 15) is 19.2 Å². The molecule has 0 radical (unpaired) electrons. The highest BCUT2D eigenvalue weighted by molar-refractivity contribution is 5.85. The van der Waals surface area contributed by atoms with Crippen molar-refractivity contribution in [2.24, 2.45) is 5.73 Å². The van der Waals surface area contributed by atoms with Crippen molar-refractivity contribution in [3.05, 3.63) is 0 Å². The first kappa shape index (κ1) is 24.1. The number of hydrogen-bond donors (Lipinski definition) is 5. The lowest BCUT2D eigenvalue weighted by Crippen LogP contribution is -2.59. The molecular weight excluding hydrogens is 374 g/mol. The molecule has 0 heterocycles. The lowest BCUT2D eigenvalue weighted by molar-refractivity contribution is -0.149. The minimum absolute atomic E-state index is 0. The number of halogens is 1. The van der Waals surface area contributed by atoms with Crippen LogP contribution < -0.4 is 5.73 Å². The van der Waals surface area contributed by atoms with Crippen molar-refractivity contribution >= 4 is 36.3 Å². The summed E-state index contributed by atoms with van der Waals surface area (Å²) >= 11 is 0. The van der Waals surface area contributed by atoms with Crippen LogP contribution in [0.15, 0.2) is 0 Å². The van der Waals surface area contributed by atoms with E-state index in [1.54, 1.807) is 0 Å². The van der Waals surface area contributed by atoms with Crippen LogP contribution in [0.1, 0.15) is 19.3 Å². The molecule has 1 aliphatic carbocycles. The van der Waals surface area contributed by atoms with Gasteiger partial charge < -0.3 is 26.2 Å². The maximum atomic E-state index is 11.1. The summed E-state index contributed by atoms with van der Waals surface area (Å²) in [5.74, 6) is -4.92. The smallest absolute Gasteiger partial charge is 0.317 e. The molecule has 11 nitrogen and oxygen atoms in total. The first-order valence-corrected chi connectivity index (χ1v) is 7.71. The number of hydrogen-bond acceptors (Lipinski definition) is 7. The van der Waals surface area contributed by atoms with Gasteiger partial charge >= 0.3 is 23.9 Å². The zero-order valence-electron chi connectivity index (χ0n) is 14.0. The maximum absolute atomic E-state index is 11.1. The van der Waals surface area contributed by atoms with E-state index in [1.165, 1.54) is 9.80 Å². The molecule has 1 rings (SSSR count). The van der Waals surface area contributed by atoms with Crippen LogP contribution in [0.4, 0.5) is 0 Å². The van der Waals surface area contributed by atoms with E-state index in [0.29, 0.717) is 12.8 Å². The molecule has 0 aromatic heterocycles. The molecule has 1 aliphatic rings. The molecule has 1 saturated carbocycles. The number of rotatable bonds is 10. The van der Waals surface area contributed by atoms with Crippen LogP contribution in [-0.2, 0) is 19.2 Å². The lowest BCUT2D eigenvalue weighted by atomic mass is 9.84. The minimum atomic E-state index is -1.23. The van der Waals surface area contributed by atoms with Crippen molar-refractivity contribution in [2.75, 3.05) is 26.2 Å². The van der Waals surface area contributed by atoms with Crippen LogP contribution in [0, 0.1) is 0 Å². The summed E-state index contributed by atoms with van der Waals surface area (Å²) in [4.78, 5) is 46.7. The van der Waals surface area contributed by atoms with Crippen LogP contribution in [0.3, 0.4) is 0 Å². The van der Waals surface area contributed by atoms with Gasteiger partial charge in [-0.1, -0.05) is 0 Å². The standard InChI is InChI=1S/C14H23N3O8.ClH/c15-8-1-2-9(16(4-11(18)19)5-12(20)21)10(3-8)17(6-13(22)23)7-14(24)25;/h8-10H,1-7,15H2,(H,18,19)(H,20,21)(H,22,23)(H,24,25);1H. The first-order chi connectivity index (χ1) is 11.6. The highest BCUT2D eigenvalue weighted by atomic mass is 35.5. The molecule has 0 bridgehead atoms. The molecule has 1 fully saturated rings. The van der Waals surface area contributed by atoms with Gasteiger partial charge in [-0.25, -0.2) is 0 Å². The molecule has 3 unspecified atom stereocenters. The maximum Gasteiger partial charge on any atom is 0.317 e. The fourth-order valence-corrected chi connectivity index (χ4v) is 3.26. The Bertz CT molecular complexity index is 500. The highest BCUT2D eigenvalue weighted by Crippen LogP contribution is 2.27. The molecule has 6 N–H and O–H groups in total. The second kappa shape index (κ2) is 10.9. The van der Waals surface area contributed by atoms with Gasteiger partial charge in [0.05, 0.1) is 26.2 Å². The van der Waals surface area contributed by atoms with Crippen LogP contribution in [-0.4, -0.2) is 98.4 Å². The van der Waals surface area contributed by atoms with Gasteiger partial charge in [0.1, 0.15) is 0 Å². The average molecular weight is 398 g/mol. The fraction of sp³-hybridized carbons (Fsp3) is 0.714. The van der Waals surface area contributed by atoms with Gasteiger partial charge in [0.2, 0.25) is 0 Å². The molecule has 0 aromatic carbocycles. The predicted molar refractivity (Wildman–Crippen MR) is 90.3 cm³/mol. The van der Waals surface area contributed by atoms with Crippen molar-refractivity contribution in [1.29, 1.82) is 0 Å². The number of carboxylic acid groups (broad SMARTS) is 4.